The van der Waals surface area contributed by atoms with Crippen LogP contribution in [0.3, 0.4) is 0 Å². The zero-order valence-electron chi connectivity index (χ0n) is 20.9. The van der Waals surface area contributed by atoms with E-state index in [1.807, 2.05) is 42.5 Å². The van der Waals surface area contributed by atoms with Crippen molar-refractivity contribution >= 4 is 61.4 Å². The van der Waals surface area contributed by atoms with E-state index in [1.165, 1.54) is 10.9 Å². The van der Waals surface area contributed by atoms with Crippen molar-refractivity contribution in [3.63, 3.8) is 0 Å². The molecule has 10 heteroatoms. The Morgan fingerprint density at radius 3 is 2.72 bits per heavy atom. The molecule has 6 rings (SSSR count). The summed E-state index contributed by atoms with van der Waals surface area (Å²) in [5.41, 5.74) is 1.88. The molecule has 0 radical (unpaired) electrons. The maximum atomic E-state index is 13.0. The molecule has 2 aromatic heterocycles. The number of thiophene rings is 1. The van der Waals surface area contributed by atoms with E-state index in [4.69, 9.17) is 0 Å². The van der Waals surface area contributed by atoms with Crippen LogP contribution in [0.4, 0.5) is 11.4 Å². The summed E-state index contributed by atoms with van der Waals surface area (Å²) in [6, 6.07) is 18.2. The molecule has 1 aliphatic carbocycles. The van der Waals surface area contributed by atoms with Gasteiger partial charge in [-0.25, -0.2) is 4.98 Å². The van der Waals surface area contributed by atoms with Crippen LogP contribution in [0.25, 0.3) is 32.4 Å². The van der Waals surface area contributed by atoms with Gasteiger partial charge in [-0.05, 0) is 66.3 Å². The third kappa shape index (κ3) is 5.17. The molecule has 5 aromatic rings. The summed E-state index contributed by atoms with van der Waals surface area (Å²) in [4.78, 5) is 46.9. The monoisotopic (exact) mass is 556 g/mol. The van der Waals surface area contributed by atoms with Gasteiger partial charge in [0.25, 0.3) is 11.2 Å². The number of nitrogens with zero attached hydrogens (tertiary/aromatic N) is 2. The lowest BCUT2D eigenvalue weighted by Crippen LogP contribution is -2.14. The molecule has 0 saturated heterocycles. The van der Waals surface area contributed by atoms with Gasteiger partial charge in [-0.15, -0.1) is 23.1 Å². The fourth-order valence-electron chi connectivity index (χ4n) is 5.01. The molecule has 0 atom stereocenters. The molecule has 8 nitrogen and oxygen atoms in total. The molecular weight excluding hydrogens is 532 g/mol. The number of anilines is 1. The molecule has 0 unspecified atom stereocenters. The predicted molar refractivity (Wildman–Crippen MR) is 157 cm³/mol. The molecule has 3 aromatic carbocycles. The summed E-state index contributed by atoms with van der Waals surface area (Å²) in [6.45, 7) is 0. The molecule has 0 saturated carbocycles. The first-order chi connectivity index (χ1) is 19.0. The van der Waals surface area contributed by atoms with Crippen molar-refractivity contribution in [3.8, 4) is 11.4 Å². The van der Waals surface area contributed by atoms with Crippen LogP contribution in [-0.4, -0.2) is 26.6 Å². The number of nitro groups is 1. The number of hydrogen-bond donors (Lipinski definition) is 2. The number of rotatable bonds is 6. The number of amides is 1. The number of carbonyl (C=O) groups is 1. The molecule has 1 amide bonds. The molecule has 1 aliphatic rings. The number of aromatic nitrogens is 2. The minimum absolute atomic E-state index is 0.00874. The predicted octanol–water partition coefficient (Wildman–Crippen LogP) is 6.71. The first-order valence-electron chi connectivity index (χ1n) is 12.7. The van der Waals surface area contributed by atoms with Crippen molar-refractivity contribution in [3.05, 3.63) is 91.6 Å². The van der Waals surface area contributed by atoms with Crippen molar-refractivity contribution in [2.75, 3.05) is 11.1 Å². The highest BCUT2D eigenvalue weighted by molar-refractivity contribution is 8.00. The van der Waals surface area contributed by atoms with Crippen LogP contribution in [-0.2, 0) is 17.6 Å². The third-order valence-electron chi connectivity index (χ3n) is 6.90. The van der Waals surface area contributed by atoms with E-state index in [0.29, 0.717) is 32.2 Å². The Bertz CT molecular complexity index is 1810. The van der Waals surface area contributed by atoms with Crippen LogP contribution in [0.5, 0.6) is 0 Å². The third-order valence-corrected chi connectivity index (χ3v) is 9.14. The van der Waals surface area contributed by atoms with Crippen LogP contribution >= 0.6 is 23.1 Å². The van der Waals surface area contributed by atoms with Gasteiger partial charge in [0.1, 0.15) is 10.7 Å². The normalized spacial score (nSPS) is 13.2. The second-order valence-electron chi connectivity index (χ2n) is 9.50. The summed E-state index contributed by atoms with van der Waals surface area (Å²) < 4.78 is 0. The van der Waals surface area contributed by atoms with E-state index in [1.54, 1.807) is 23.5 Å². The van der Waals surface area contributed by atoms with Crippen LogP contribution in [0.1, 0.15) is 29.7 Å². The number of hydrogen-bond acceptors (Lipinski definition) is 7. The Morgan fingerprint density at radius 1 is 1.05 bits per heavy atom. The maximum absolute atomic E-state index is 13.0. The average molecular weight is 557 g/mol. The number of benzene rings is 3. The van der Waals surface area contributed by atoms with E-state index in [-0.39, 0.29) is 22.9 Å². The average Bonchev–Trinajstić information content (AvgIpc) is 3.13. The molecule has 0 spiro atoms. The van der Waals surface area contributed by atoms with E-state index < -0.39 is 4.92 Å². The van der Waals surface area contributed by atoms with Gasteiger partial charge in [0.05, 0.1) is 21.0 Å². The Morgan fingerprint density at radius 2 is 1.87 bits per heavy atom. The Kier molecular flexibility index (Phi) is 6.88. The first-order valence-corrected chi connectivity index (χ1v) is 14.5. The largest absolute Gasteiger partial charge is 0.325 e. The molecule has 0 bridgehead atoms. The standard InChI is InChI=1S/C29H24N4O4S2/c34-25(30-20-12-10-17-6-4-5-7-18(17)14-20)16-38-24-13-11-19(15-22(24)33(36)37)27-31-28(35)26-21-8-2-1-3-9-23(21)39-29(26)32-27/h4-7,10-15H,1-3,8-9,16H2,(H,30,34)(H,31,32,35). The minimum atomic E-state index is -0.475. The lowest BCUT2D eigenvalue weighted by atomic mass is 10.1. The molecule has 39 heavy (non-hydrogen) atoms. The van der Waals surface area contributed by atoms with Crippen LogP contribution in [0.15, 0.2) is 70.4 Å². The topological polar surface area (TPSA) is 118 Å². The Labute approximate surface area is 231 Å². The highest BCUT2D eigenvalue weighted by atomic mass is 32.2. The minimum Gasteiger partial charge on any atom is -0.325 e. The van der Waals surface area contributed by atoms with Crippen molar-refractivity contribution in [2.24, 2.45) is 0 Å². The summed E-state index contributed by atoms with van der Waals surface area (Å²) in [6.07, 6.45) is 5.16. The van der Waals surface area contributed by atoms with Gasteiger partial charge < -0.3 is 10.3 Å². The molecule has 196 valence electrons. The van der Waals surface area contributed by atoms with E-state index in [9.17, 15) is 19.7 Å². The number of aryl methyl sites for hydroxylation is 2. The first kappa shape index (κ1) is 25.3. The van der Waals surface area contributed by atoms with Crippen molar-refractivity contribution in [1.29, 1.82) is 0 Å². The van der Waals surface area contributed by atoms with E-state index in [2.05, 4.69) is 15.3 Å². The second-order valence-corrected chi connectivity index (χ2v) is 11.6. The molecule has 2 heterocycles. The number of fused-ring (bicyclic) bond motifs is 4. The lowest BCUT2D eigenvalue weighted by Gasteiger charge is -2.08. The zero-order chi connectivity index (χ0) is 26.9. The molecule has 0 aliphatic heterocycles. The number of thioether (sulfide) groups is 1. The summed E-state index contributed by atoms with van der Waals surface area (Å²) >= 11 is 2.64. The summed E-state index contributed by atoms with van der Waals surface area (Å²) in [7, 11) is 0. The quantitative estimate of drug-likeness (QED) is 0.104. The maximum Gasteiger partial charge on any atom is 0.283 e. The van der Waals surface area contributed by atoms with Gasteiger partial charge in [0.15, 0.2) is 0 Å². The number of H-pyrrole nitrogens is 1. The second kappa shape index (κ2) is 10.6. The lowest BCUT2D eigenvalue weighted by molar-refractivity contribution is -0.387. The summed E-state index contributed by atoms with van der Waals surface area (Å²) in [5, 5.41) is 17.5. The van der Waals surface area contributed by atoms with Crippen LogP contribution < -0.4 is 10.9 Å². The smallest absolute Gasteiger partial charge is 0.283 e. The van der Waals surface area contributed by atoms with Gasteiger partial charge in [-0.3, -0.25) is 19.7 Å². The fraction of sp³-hybridized carbons (Fsp3) is 0.207. The van der Waals surface area contributed by atoms with Crippen molar-refractivity contribution in [1.82, 2.24) is 9.97 Å². The van der Waals surface area contributed by atoms with Gasteiger partial charge >= 0.3 is 0 Å². The fourth-order valence-corrected chi connectivity index (χ4v) is 7.08. The molecule has 0 fully saturated rings. The van der Waals surface area contributed by atoms with Crippen LogP contribution in [0, 0.1) is 10.1 Å². The molecule has 2 N–H and O–H groups in total. The van der Waals surface area contributed by atoms with Crippen LogP contribution in [0.2, 0.25) is 0 Å². The van der Waals surface area contributed by atoms with Crippen molar-refractivity contribution < 1.29 is 9.72 Å². The number of nitrogens with one attached hydrogen (secondary N) is 2. The SMILES string of the molecule is O=C(CSc1ccc(-c2nc3sc4c(c3c(=O)[nH]2)CCCCC4)cc1[N+](=O)[O-])Nc1ccc2ccccc2c1. The Hall–Kier alpha value is -4.02. The van der Waals surface area contributed by atoms with Gasteiger partial charge in [0, 0.05) is 22.2 Å². The van der Waals surface area contributed by atoms with Gasteiger partial charge in [0.2, 0.25) is 5.91 Å². The van der Waals surface area contributed by atoms with E-state index in [0.717, 1.165) is 60.2 Å². The van der Waals surface area contributed by atoms with Gasteiger partial charge in [-0.2, -0.15) is 0 Å². The highest BCUT2D eigenvalue weighted by Gasteiger charge is 2.21. The summed E-state index contributed by atoms with van der Waals surface area (Å²) in [5.74, 6) is 0.0506. The van der Waals surface area contributed by atoms with E-state index >= 15 is 0 Å². The zero-order valence-corrected chi connectivity index (χ0v) is 22.5. The van der Waals surface area contributed by atoms with Gasteiger partial charge in [-0.1, -0.05) is 36.8 Å². The number of nitro benzene ring substituents is 1. The highest BCUT2D eigenvalue weighted by Crippen LogP contribution is 2.36. The number of aromatic amines is 1. The Balaban J connectivity index is 1.22. The van der Waals surface area contributed by atoms with Crippen molar-refractivity contribution in [2.45, 2.75) is 37.0 Å². The number of carbonyl (C=O) groups excluding carboxylic acids is 1. The molecular formula is C29H24N4O4S2.